The first-order valence-corrected chi connectivity index (χ1v) is 8.18. The molecule has 1 aromatic carbocycles. The predicted octanol–water partition coefficient (Wildman–Crippen LogP) is 1.98. The Labute approximate surface area is 119 Å². The van der Waals surface area contributed by atoms with Crippen LogP contribution in [-0.4, -0.2) is 30.9 Å². The van der Waals surface area contributed by atoms with Crippen molar-refractivity contribution in [2.24, 2.45) is 11.8 Å². The number of aliphatic hydroxyl groups excluding tert-OH is 1. The van der Waals surface area contributed by atoms with E-state index >= 15 is 0 Å². The zero-order valence-electron chi connectivity index (χ0n) is 11.7. The van der Waals surface area contributed by atoms with Crippen molar-refractivity contribution in [3.8, 4) is 0 Å². The molecule has 4 nitrogen and oxygen atoms in total. The lowest BCUT2D eigenvalue weighted by Gasteiger charge is -2.34. The Morgan fingerprint density at radius 2 is 1.90 bits per heavy atom. The average molecular weight is 301 g/mol. The molecule has 1 aromatic rings. The maximum atomic E-state index is 14.0. The van der Waals surface area contributed by atoms with Crippen molar-refractivity contribution in [1.82, 2.24) is 4.31 Å². The summed E-state index contributed by atoms with van der Waals surface area (Å²) >= 11 is 0. The molecule has 0 amide bonds. The van der Waals surface area contributed by atoms with Crippen LogP contribution in [0.2, 0.25) is 0 Å². The van der Waals surface area contributed by atoms with Crippen LogP contribution in [0.4, 0.5) is 4.39 Å². The molecule has 112 valence electrons. The minimum Gasteiger partial charge on any atom is -0.392 e. The molecule has 0 aliphatic carbocycles. The van der Waals surface area contributed by atoms with Gasteiger partial charge in [-0.05, 0) is 36.0 Å². The first-order chi connectivity index (χ1) is 9.34. The van der Waals surface area contributed by atoms with Gasteiger partial charge in [-0.2, -0.15) is 4.31 Å². The SMILES string of the molecule is CC1CC(C)CN(S(=O)(=O)c2ccc(CO)cc2F)C1. The Morgan fingerprint density at radius 1 is 1.30 bits per heavy atom. The van der Waals surface area contributed by atoms with Crippen molar-refractivity contribution < 1.29 is 17.9 Å². The lowest BCUT2D eigenvalue weighted by atomic mass is 9.94. The Balaban J connectivity index is 2.35. The van der Waals surface area contributed by atoms with Crippen LogP contribution in [-0.2, 0) is 16.6 Å². The van der Waals surface area contributed by atoms with Gasteiger partial charge in [-0.15, -0.1) is 0 Å². The molecule has 6 heteroatoms. The van der Waals surface area contributed by atoms with Crippen LogP contribution in [0.1, 0.15) is 25.8 Å². The minimum absolute atomic E-state index is 0.272. The molecule has 20 heavy (non-hydrogen) atoms. The number of nitrogens with zero attached hydrogens (tertiary/aromatic N) is 1. The molecule has 2 atom stereocenters. The van der Waals surface area contributed by atoms with E-state index in [0.29, 0.717) is 18.7 Å². The highest BCUT2D eigenvalue weighted by Crippen LogP contribution is 2.28. The zero-order chi connectivity index (χ0) is 14.9. The molecule has 1 fully saturated rings. The zero-order valence-corrected chi connectivity index (χ0v) is 12.5. The van der Waals surface area contributed by atoms with Crippen LogP contribution in [0.15, 0.2) is 23.1 Å². The second-order valence-electron chi connectivity index (χ2n) is 5.69. The van der Waals surface area contributed by atoms with Gasteiger partial charge in [0.25, 0.3) is 0 Å². The number of hydrogen-bond acceptors (Lipinski definition) is 3. The number of hydrogen-bond donors (Lipinski definition) is 1. The van der Waals surface area contributed by atoms with E-state index in [-0.39, 0.29) is 23.3 Å². The van der Waals surface area contributed by atoms with E-state index in [9.17, 15) is 12.8 Å². The van der Waals surface area contributed by atoms with E-state index in [0.717, 1.165) is 12.5 Å². The third-order valence-corrected chi connectivity index (χ3v) is 5.50. The lowest BCUT2D eigenvalue weighted by Crippen LogP contribution is -2.42. The summed E-state index contributed by atoms with van der Waals surface area (Å²) in [4.78, 5) is -0.309. The first kappa shape index (κ1) is 15.4. The highest BCUT2D eigenvalue weighted by molar-refractivity contribution is 7.89. The molecule has 0 saturated carbocycles. The van der Waals surface area contributed by atoms with E-state index in [2.05, 4.69) is 0 Å². The highest BCUT2D eigenvalue weighted by atomic mass is 32.2. The number of halogens is 1. The van der Waals surface area contributed by atoms with Gasteiger partial charge in [0, 0.05) is 13.1 Å². The molecule has 1 heterocycles. The normalized spacial score (nSPS) is 24.8. The summed E-state index contributed by atoms with van der Waals surface area (Å²) in [5, 5.41) is 8.95. The van der Waals surface area contributed by atoms with Crippen molar-refractivity contribution in [3.05, 3.63) is 29.6 Å². The monoisotopic (exact) mass is 301 g/mol. The molecule has 1 aliphatic rings. The molecule has 0 bridgehead atoms. The van der Waals surface area contributed by atoms with Crippen LogP contribution in [0.3, 0.4) is 0 Å². The lowest BCUT2D eigenvalue weighted by molar-refractivity contribution is 0.222. The predicted molar refractivity (Wildman–Crippen MR) is 74.0 cm³/mol. The number of piperidine rings is 1. The standard InChI is InChI=1S/C14H20FNO3S/c1-10-5-11(2)8-16(7-10)20(18,19)14-4-3-12(9-17)6-13(14)15/h3-4,6,10-11,17H,5,7-9H2,1-2H3. The maximum Gasteiger partial charge on any atom is 0.246 e. The van der Waals surface area contributed by atoms with Crippen molar-refractivity contribution in [2.75, 3.05) is 13.1 Å². The summed E-state index contributed by atoms with van der Waals surface area (Å²) in [5.74, 6) is -0.260. The van der Waals surface area contributed by atoms with E-state index in [1.165, 1.54) is 16.4 Å². The van der Waals surface area contributed by atoms with Crippen LogP contribution in [0, 0.1) is 17.7 Å². The Hall–Kier alpha value is -0.980. The minimum atomic E-state index is -3.81. The highest BCUT2D eigenvalue weighted by Gasteiger charge is 2.33. The number of benzene rings is 1. The Kier molecular flexibility index (Phi) is 4.46. The van der Waals surface area contributed by atoms with Gasteiger partial charge in [0.2, 0.25) is 10.0 Å². The summed E-state index contributed by atoms with van der Waals surface area (Å²) < 4.78 is 40.4. The van der Waals surface area contributed by atoms with Gasteiger partial charge in [-0.3, -0.25) is 0 Å². The fourth-order valence-corrected chi connectivity index (χ4v) is 4.52. The summed E-state index contributed by atoms with van der Waals surface area (Å²) in [6, 6.07) is 3.75. The maximum absolute atomic E-state index is 14.0. The van der Waals surface area contributed by atoms with E-state index < -0.39 is 15.8 Å². The molecular formula is C14H20FNO3S. The second kappa shape index (κ2) is 5.79. The molecule has 0 aromatic heterocycles. The third kappa shape index (κ3) is 3.02. The molecule has 1 saturated heterocycles. The summed E-state index contributed by atoms with van der Waals surface area (Å²) in [6.07, 6.45) is 0.984. The molecule has 2 unspecified atom stereocenters. The van der Waals surface area contributed by atoms with Crippen LogP contribution in [0.25, 0.3) is 0 Å². The van der Waals surface area contributed by atoms with Crippen LogP contribution in [0.5, 0.6) is 0 Å². The summed E-state index contributed by atoms with van der Waals surface area (Å²) in [5.41, 5.74) is 0.363. The van der Waals surface area contributed by atoms with Gasteiger partial charge in [-0.1, -0.05) is 19.9 Å². The van der Waals surface area contributed by atoms with Crippen molar-refractivity contribution in [2.45, 2.75) is 31.8 Å². The molecule has 1 aliphatic heterocycles. The van der Waals surface area contributed by atoms with E-state index in [1.54, 1.807) is 0 Å². The Morgan fingerprint density at radius 3 is 2.40 bits per heavy atom. The molecular weight excluding hydrogens is 281 g/mol. The summed E-state index contributed by atoms with van der Waals surface area (Å²) in [7, 11) is -3.81. The number of sulfonamides is 1. The smallest absolute Gasteiger partial charge is 0.246 e. The fourth-order valence-electron chi connectivity index (χ4n) is 2.79. The quantitative estimate of drug-likeness (QED) is 0.929. The van der Waals surface area contributed by atoms with Gasteiger partial charge in [0.05, 0.1) is 6.61 Å². The van der Waals surface area contributed by atoms with Gasteiger partial charge in [-0.25, -0.2) is 12.8 Å². The number of rotatable bonds is 3. The van der Waals surface area contributed by atoms with Crippen LogP contribution >= 0.6 is 0 Å². The van der Waals surface area contributed by atoms with Gasteiger partial charge >= 0.3 is 0 Å². The van der Waals surface area contributed by atoms with E-state index in [4.69, 9.17) is 5.11 Å². The van der Waals surface area contributed by atoms with E-state index in [1.807, 2.05) is 13.8 Å². The Bertz CT molecular complexity index is 578. The topological polar surface area (TPSA) is 57.6 Å². The average Bonchev–Trinajstić information content (AvgIpc) is 2.37. The number of aliphatic hydroxyl groups is 1. The van der Waals surface area contributed by atoms with Crippen molar-refractivity contribution in [1.29, 1.82) is 0 Å². The third-order valence-electron chi connectivity index (χ3n) is 3.63. The molecule has 0 spiro atoms. The van der Waals surface area contributed by atoms with Gasteiger partial charge in [0.15, 0.2) is 0 Å². The molecule has 2 rings (SSSR count). The van der Waals surface area contributed by atoms with Gasteiger partial charge < -0.3 is 5.11 Å². The van der Waals surface area contributed by atoms with Crippen molar-refractivity contribution >= 4 is 10.0 Å². The first-order valence-electron chi connectivity index (χ1n) is 6.74. The van der Waals surface area contributed by atoms with Crippen LogP contribution < -0.4 is 0 Å². The van der Waals surface area contributed by atoms with Gasteiger partial charge in [0.1, 0.15) is 10.7 Å². The second-order valence-corrected chi connectivity index (χ2v) is 7.60. The van der Waals surface area contributed by atoms with Crippen molar-refractivity contribution in [3.63, 3.8) is 0 Å². The summed E-state index contributed by atoms with van der Waals surface area (Å²) in [6.45, 7) is 4.55. The largest absolute Gasteiger partial charge is 0.392 e. The fraction of sp³-hybridized carbons (Fsp3) is 0.571. The molecule has 1 N–H and O–H groups in total. The molecule has 0 radical (unpaired) electrons.